The molecule has 0 unspecified atom stereocenters. The van der Waals surface area contributed by atoms with Crippen molar-refractivity contribution in [1.82, 2.24) is 0 Å². The molecule has 1 aliphatic rings. The van der Waals surface area contributed by atoms with E-state index in [1.165, 1.54) is 27.9 Å². The number of aryl methyl sites for hydroxylation is 4. The van der Waals surface area contributed by atoms with E-state index in [-0.39, 0.29) is 0 Å². The van der Waals surface area contributed by atoms with Crippen molar-refractivity contribution in [2.75, 3.05) is 4.90 Å². The smallest absolute Gasteiger partial charge is 0.110 e. The fraction of sp³-hybridized carbons (Fsp3) is 0.182. The predicted octanol–water partition coefficient (Wildman–Crippen LogP) is 7.12. The summed E-state index contributed by atoms with van der Waals surface area (Å²) in [6.45, 7) is 8.57. The minimum Gasteiger partial charge on any atom is -0.305 e. The van der Waals surface area contributed by atoms with Crippen molar-refractivity contribution in [3.8, 4) is 0 Å². The van der Waals surface area contributed by atoms with Crippen LogP contribution in [-0.4, -0.2) is 0 Å². The molecule has 124 valence electrons. The first-order chi connectivity index (χ1) is 12.0. The van der Waals surface area contributed by atoms with Crippen molar-refractivity contribution in [3.05, 3.63) is 76.9 Å². The van der Waals surface area contributed by atoms with Crippen molar-refractivity contribution in [2.45, 2.75) is 27.7 Å². The van der Waals surface area contributed by atoms with Gasteiger partial charge in [-0.05, 0) is 68.7 Å². The van der Waals surface area contributed by atoms with E-state index in [1.807, 2.05) is 12.1 Å². The van der Waals surface area contributed by atoms with E-state index in [9.17, 15) is 0 Å². The fourth-order valence-electron chi connectivity index (χ4n) is 3.64. The summed E-state index contributed by atoms with van der Waals surface area (Å²) in [6.07, 6.45) is 0. The van der Waals surface area contributed by atoms with Gasteiger partial charge < -0.3 is 4.90 Å². The molecule has 0 radical (unpaired) electrons. The summed E-state index contributed by atoms with van der Waals surface area (Å²) in [5.41, 5.74) is 10.1. The minimum atomic E-state index is 0.885. The van der Waals surface area contributed by atoms with Crippen LogP contribution in [0.5, 0.6) is 0 Å². The minimum absolute atomic E-state index is 0.885. The SMILES string of the molecule is Cc1cc(C)c(N2c3ccccc3N=Nc3cc(C)ccc32)c(C)c1. The largest absolute Gasteiger partial charge is 0.305 e. The van der Waals surface area contributed by atoms with E-state index < -0.39 is 0 Å². The first kappa shape index (κ1) is 15.6. The average molecular weight is 327 g/mol. The Morgan fingerprint density at radius 2 is 1.28 bits per heavy atom. The van der Waals surface area contributed by atoms with Gasteiger partial charge in [0, 0.05) is 0 Å². The van der Waals surface area contributed by atoms with Crippen LogP contribution in [0.4, 0.5) is 28.4 Å². The molecule has 3 nitrogen and oxygen atoms in total. The maximum Gasteiger partial charge on any atom is 0.110 e. The van der Waals surface area contributed by atoms with Crippen LogP contribution in [0.25, 0.3) is 0 Å². The van der Waals surface area contributed by atoms with Crippen molar-refractivity contribution < 1.29 is 0 Å². The van der Waals surface area contributed by atoms with E-state index in [0.717, 1.165) is 22.7 Å². The number of rotatable bonds is 1. The van der Waals surface area contributed by atoms with Crippen LogP contribution in [0.2, 0.25) is 0 Å². The van der Waals surface area contributed by atoms with Gasteiger partial charge in [-0.3, -0.25) is 0 Å². The number of hydrogen-bond acceptors (Lipinski definition) is 3. The summed E-state index contributed by atoms with van der Waals surface area (Å²) in [7, 11) is 0. The molecular weight excluding hydrogens is 306 g/mol. The van der Waals surface area contributed by atoms with E-state index >= 15 is 0 Å². The molecule has 0 saturated heterocycles. The highest BCUT2D eigenvalue weighted by Crippen LogP contribution is 2.49. The second-order valence-electron chi connectivity index (χ2n) is 6.76. The topological polar surface area (TPSA) is 28.0 Å². The third-order valence-corrected chi connectivity index (χ3v) is 4.62. The molecule has 0 aromatic heterocycles. The molecule has 0 fully saturated rings. The Balaban J connectivity index is 2.07. The van der Waals surface area contributed by atoms with Gasteiger partial charge in [-0.25, -0.2) is 0 Å². The average Bonchev–Trinajstić information content (AvgIpc) is 2.72. The zero-order chi connectivity index (χ0) is 17.6. The van der Waals surface area contributed by atoms with E-state index in [1.54, 1.807) is 0 Å². The zero-order valence-electron chi connectivity index (χ0n) is 15.0. The fourth-order valence-corrected chi connectivity index (χ4v) is 3.64. The number of azo groups is 1. The Morgan fingerprint density at radius 1 is 0.640 bits per heavy atom. The lowest BCUT2D eigenvalue weighted by molar-refractivity contribution is 1.21. The lowest BCUT2D eigenvalue weighted by atomic mass is 10.0. The van der Waals surface area contributed by atoms with Gasteiger partial charge in [0.2, 0.25) is 0 Å². The van der Waals surface area contributed by atoms with E-state index in [0.29, 0.717) is 0 Å². The van der Waals surface area contributed by atoms with Crippen LogP contribution in [0.15, 0.2) is 64.8 Å². The zero-order valence-corrected chi connectivity index (χ0v) is 15.0. The Hall–Kier alpha value is -2.94. The summed E-state index contributed by atoms with van der Waals surface area (Å²) >= 11 is 0. The highest BCUT2D eigenvalue weighted by molar-refractivity contribution is 5.91. The lowest BCUT2D eigenvalue weighted by Gasteiger charge is -2.29. The molecule has 0 N–H and O–H groups in total. The molecule has 0 bridgehead atoms. The van der Waals surface area contributed by atoms with Crippen molar-refractivity contribution in [1.29, 1.82) is 0 Å². The molecule has 0 amide bonds. The summed E-state index contributed by atoms with van der Waals surface area (Å²) in [5.74, 6) is 0. The lowest BCUT2D eigenvalue weighted by Crippen LogP contribution is -2.13. The molecule has 3 aromatic rings. The molecule has 25 heavy (non-hydrogen) atoms. The van der Waals surface area contributed by atoms with Gasteiger partial charge in [-0.2, -0.15) is 0 Å². The Labute approximate surface area is 148 Å². The molecule has 3 aromatic carbocycles. The van der Waals surface area contributed by atoms with Crippen LogP contribution >= 0.6 is 0 Å². The molecule has 0 saturated carbocycles. The van der Waals surface area contributed by atoms with Crippen molar-refractivity contribution in [2.24, 2.45) is 10.2 Å². The predicted molar refractivity (Wildman–Crippen MR) is 104 cm³/mol. The Bertz CT molecular complexity index is 979. The monoisotopic (exact) mass is 327 g/mol. The van der Waals surface area contributed by atoms with Crippen LogP contribution in [0.3, 0.4) is 0 Å². The summed E-state index contributed by atoms with van der Waals surface area (Å²) < 4.78 is 0. The standard InChI is InChI=1S/C22H21N3/c1-14-9-10-21-19(13-14)24-23-18-7-5-6-8-20(18)25(21)22-16(3)11-15(2)12-17(22)4/h5-13H,1-4H3. The van der Waals surface area contributed by atoms with Crippen molar-refractivity contribution in [3.63, 3.8) is 0 Å². The number of fused-ring (bicyclic) bond motifs is 2. The van der Waals surface area contributed by atoms with Gasteiger partial charge in [0.25, 0.3) is 0 Å². The quantitative estimate of drug-likeness (QED) is 0.366. The second kappa shape index (κ2) is 5.85. The maximum absolute atomic E-state index is 4.52. The number of anilines is 3. The molecule has 1 heterocycles. The summed E-state index contributed by atoms with van der Waals surface area (Å²) in [6, 6.07) is 19.0. The number of nitrogens with zero attached hydrogens (tertiary/aromatic N) is 3. The Kier molecular flexibility index (Phi) is 3.65. The first-order valence-corrected chi connectivity index (χ1v) is 8.54. The first-order valence-electron chi connectivity index (χ1n) is 8.54. The molecule has 0 aliphatic carbocycles. The van der Waals surface area contributed by atoms with E-state index in [4.69, 9.17) is 0 Å². The maximum atomic E-state index is 4.52. The highest BCUT2D eigenvalue weighted by Gasteiger charge is 2.24. The molecule has 0 atom stereocenters. The highest BCUT2D eigenvalue weighted by atomic mass is 15.2. The van der Waals surface area contributed by atoms with Gasteiger partial charge in [-0.15, -0.1) is 10.2 Å². The van der Waals surface area contributed by atoms with Gasteiger partial charge in [-0.1, -0.05) is 35.9 Å². The normalized spacial score (nSPS) is 12.6. The van der Waals surface area contributed by atoms with Crippen LogP contribution in [0.1, 0.15) is 22.3 Å². The van der Waals surface area contributed by atoms with Gasteiger partial charge in [0.1, 0.15) is 11.4 Å². The third kappa shape index (κ3) is 2.62. The third-order valence-electron chi connectivity index (χ3n) is 4.62. The van der Waals surface area contributed by atoms with Crippen LogP contribution in [0, 0.1) is 27.7 Å². The number of benzene rings is 3. The molecule has 0 spiro atoms. The Morgan fingerprint density at radius 3 is 2.04 bits per heavy atom. The number of para-hydroxylation sites is 1. The van der Waals surface area contributed by atoms with Crippen molar-refractivity contribution >= 4 is 28.4 Å². The van der Waals surface area contributed by atoms with Crippen LogP contribution in [-0.2, 0) is 0 Å². The summed E-state index contributed by atoms with van der Waals surface area (Å²) in [4.78, 5) is 2.30. The second-order valence-corrected chi connectivity index (χ2v) is 6.76. The molecule has 1 aliphatic heterocycles. The molecular formula is C22H21N3. The van der Waals surface area contributed by atoms with E-state index in [2.05, 4.69) is 85.3 Å². The van der Waals surface area contributed by atoms with Crippen LogP contribution < -0.4 is 4.90 Å². The van der Waals surface area contributed by atoms with Gasteiger partial charge in [0.05, 0.1) is 17.1 Å². The molecule has 4 rings (SSSR count). The molecule has 3 heteroatoms. The van der Waals surface area contributed by atoms with Gasteiger partial charge >= 0.3 is 0 Å². The summed E-state index contributed by atoms with van der Waals surface area (Å²) in [5, 5.41) is 9.03. The number of hydrogen-bond donors (Lipinski definition) is 0. The van der Waals surface area contributed by atoms with Gasteiger partial charge in [0.15, 0.2) is 0 Å².